The van der Waals surface area contributed by atoms with Crippen molar-refractivity contribution in [2.24, 2.45) is 0 Å². The summed E-state index contributed by atoms with van der Waals surface area (Å²) in [4.78, 5) is 29.2. The molecule has 3 heterocycles. The lowest BCUT2D eigenvalue weighted by Crippen LogP contribution is -2.44. The Hall–Kier alpha value is -2.97. The molecule has 2 aromatic rings. The molecule has 0 unspecified atom stereocenters. The number of ether oxygens (including phenoxy) is 1. The van der Waals surface area contributed by atoms with Gasteiger partial charge < -0.3 is 4.74 Å². The summed E-state index contributed by atoms with van der Waals surface area (Å²) in [5.41, 5.74) is 4.74. The Morgan fingerprint density at radius 3 is 2.85 bits per heavy atom. The van der Waals surface area contributed by atoms with Gasteiger partial charge in [0.2, 0.25) is 0 Å². The highest BCUT2D eigenvalue weighted by molar-refractivity contribution is 8.26. The smallest absolute Gasteiger partial charge is 0.285 e. The van der Waals surface area contributed by atoms with E-state index in [4.69, 9.17) is 17.0 Å². The van der Waals surface area contributed by atoms with Crippen molar-refractivity contribution in [2.75, 3.05) is 6.61 Å². The average Bonchev–Trinajstić information content (AvgIpc) is 2.96. The Kier molecular flexibility index (Phi) is 4.74. The number of thiocarbonyl (C=S) groups is 1. The normalized spacial score (nSPS) is 17.4. The van der Waals surface area contributed by atoms with Gasteiger partial charge in [0.05, 0.1) is 4.91 Å². The minimum atomic E-state index is -0.427. The van der Waals surface area contributed by atoms with Crippen LogP contribution in [0.4, 0.5) is 0 Å². The lowest BCUT2D eigenvalue weighted by Gasteiger charge is -2.16. The molecule has 8 heteroatoms. The highest BCUT2D eigenvalue weighted by Gasteiger charge is 2.34. The SMILES string of the molecule is O=C(NN1C(=O)C(=CC2=Cc3ccccc3OC2)SC1=S)c1ccncc1. The van der Waals surface area contributed by atoms with Crippen molar-refractivity contribution >= 4 is 46.2 Å². The summed E-state index contributed by atoms with van der Waals surface area (Å²) >= 11 is 6.38. The van der Waals surface area contributed by atoms with Crippen LogP contribution >= 0.6 is 24.0 Å². The van der Waals surface area contributed by atoms with Crippen molar-refractivity contribution < 1.29 is 14.3 Å². The molecule has 0 spiro atoms. The highest BCUT2D eigenvalue weighted by atomic mass is 32.2. The molecule has 0 atom stereocenters. The third-order valence-electron chi connectivity index (χ3n) is 3.92. The maximum absolute atomic E-state index is 12.7. The number of hydrogen-bond acceptors (Lipinski definition) is 6. The second-order valence-electron chi connectivity index (χ2n) is 5.74. The molecule has 2 amide bonds. The third kappa shape index (κ3) is 3.62. The van der Waals surface area contributed by atoms with Gasteiger partial charge in [-0.3, -0.25) is 20.0 Å². The van der Waals surface area contributed by atoms with E-state index in [1.807, 2.05) is 30.3 Å². The Morgan fingerprint density at radius 1 is 1.26 bits per heavy atom. The molecular formula is C19H13N3O3S2. The van der Waals surface area contributed by atoms with E-state index < -0.39 is 5.91 Å². The number of carbonyl (C=O) groups excluding carboxylic acids is 2. The molecule has 0 bridgehead atoms. The fourth-order valence-corrected chi connectivity index (χ4v) is 3.81. The van der Waals surface area contributed by atoms with Gasteiger partial charge in [0.1, 0.15) is 12.4 Å². The van der Waals surface area contributed by atoms with Crippen LogP contribution in [0, 0.1) is 0 Å². The summed E-state index contributed by atoms with van der Waals surface area (Å²) in [5, 5.41) is 1.09. The molecule has 2 aliphatic heterocycles. The summed E-state index contributed by atoms with van der Waals surface area (Å²) in [6.45, 7) is 0.366. The van der Waals surface area contributed by atoms with E-state index in [1.165, 1.54) is 12.4 Å². The minimum absolute atomic E-state index is 0.270. The molecular weight excluding hydrogens is 382 g/mol. The number of thioether (sulfide) groups is 1. The molecule has 27 heavy (non-hydrogen) atoms. The number of carbonyl (C=O) groups is 2. The predicted molar refractivity (Wildman–Crippen MR) is 107 cm³/mol. The molecule has 0 aliphatic carbocycles. The fraction of sp³-hybridized carbons (Fsp3) is 0.0526. The van der Waals surface area contributed by atoms with Crippen molar-refractivity contribution in [2.45, 2.75) is 0 Å². The molecule has 0 saturated carbocycles. The van der Waals surface area contributed by atoms with Crippen molar-refractivity contribution in [3.05, 3.63) is 76.5 Å². The maximum atomic E-state index is 12.7. The Morgan fingerprint density at radius 2 is 2.04 bits per heavy atom. The molecule has 1 aromatic carbocycles. The van der Waals surface area contributed by atoms with Gasteiger partial charge in [0, 0.05) is 23.5 Å². The van der Waals surface area contributed by atoms with E-state index in [0.29, 0.717) is 17.1 Å². The first kappa shape index (κ1) is 17.4. The van der Waals surface area contributed by atoms with E-state index in [1.54, 1.807) is 18.2 Å². The summed E-state index contributed by atoms with van der Waals surface area (Å²) < 4.78 is 5.97. The van der Waals surface area contributed by atoms with Gasteiger partial charge in [-0.15, -0.1) is 0 Å². The molecule has 2 aliphatic rings. The minimum Gasteiger partial charge on any atom is -0.488 e. The Bertz CT molecular complexity index is 1000. The van der Waals surface area contributed by atoms with Crippen LogP contribution in [0.15, 0.2) is 65.3 Å². The zero-order chi connectivity index (χ0) is 18.8. The second kappa shape index (κ2) is 7.34. The first-order valence-electron chi connectivity index (χ1n) is 8.03. The van der Waals surface area contributed by atoms with Crippen molar-refractivity contribution in [1.29, 1.82) is 0 Å². The molecule has 134 valence electrons. The number of pyridine rings is 1. The molecule has 1 aromatic heterocycles. The number of para-hydroxylation sites is 1. The van der Waals surface area contributed by atoms with Crippen LogP contribution in [0.2, 0.25) is 0 Å². The largest absolute Gasteiger partial charge is 0.488 e. The number of aromatic nitrogens is 1. The number of rotatable bonds is 3. The van der Waals surface area contributed by atoms with Gasteiger partial charge in [-0.25, -0.2) is 0 Å². The van der Waals surface area contributed by atoms with Gasteiger partial charge in [-0.1, -0.05) is 30.0 Å². The van der Waals surface area contributed by atoms with Crippen LogP contribution in [0.5, 0.6) is 5.75 Å². The van der Waals surface area contributed by atoms with Crippen molar-refractivity contribution in [3.63, 3.8) is 0 Å². The van der Waals surface area contributed by atoms with Gasteiger partial charge in [-0.2, -0.15) is 5.01 Å². The van der Waals surface area contributed by atoms with E-state index in [9.17, 15) is 9.59 Å². The Balaban J connectivity index is 1.52. The maximum Gasteiger partial charge on any atom is 0.285 e. The summed E-state index contributed by atoms with van der Waals surface area (Å²) in [5.74, 6) is 0.0167. The van der Waals surface area contributed by atoms with E-state index in [0.717, 1.165) is 33.7 Å². The average molecular weight is 395 g/mol. The number of nitrogens with zero attached hydrogens (tertiary/aromatic N) is 2. The predicted octanol–water partition coefficient (Wildman–Crippen LogP) is 2.95. The standard InChI is InChI=1S/C19H13N3O3S2/c23-17(13-5-7-20-8-6-13)21-22-18(24)16(27-19(22)26)10-12-9-14-3-1-2-4-15(14)25-11-12/h1-10H,11H2,(H,21,23). The van der Waals surface area contributed by atoms with E-state index in [-0.39, 0.29) is 10.2 Å². The zero-order valence-corrected chi connectivity index (χ0v) is 15.5. The molecule has 1 fully saturated rings. The van der Waals surface area contributed by atoms with Gasteiger partial charge >= 0.3 is 0 Å². The first-order chi connectivity index (χ1) is 13.1. The number of hydrazine groups is 1. The molecule has 6 nitrogen and oxygen atoms in total. The second-order valence-corrected chi connectivity index (χ2v) is 7.42. The number of fused-ring (bicyclic) bond motifs is 1. The van der Waals surface area contributed by atoms with Gasteiger partial charge in [0.25, 0.3) is 11.8 Å². The quantitative estimate of drug-likeness (QED) is 0.636. The van der Waals surface area contributed by atoms with Crippen LogP contribution in [0.3, 0.4) is 0 Å². The first-order valence-corrected chi connectivity index (χ1v) is 9.26. The number of hydrogen-bond donors (Lipinski definition) is 1. The molecule has 4 rings (SSSR count). The number of benzene rings is 1. The lowest BCUT2D eigenvalue weighted by atomic mass is 10.1. The number of nitrogens with one attached hydrogen (secondary N) is 1. The molecule has 1 saturated heterocycles. The van der Waals surface area contributed by atoms with Crippen LogP contribution in [0.1, 0.15) is 15.9 Å². The lowest BCUT2D eigenvalue weighted by molar-refractivity contribution is -0.123. The topological polar surface area (TPSA) is 71.5 Å². The van der Waals surface area contributed by atoms with Crippen molar-refractivity contribution in [3.8, 4) is 5.75 Å². The number of amides is 2. The fourth-order valence-electron chi connectivity index (χ4n) is 2.62. The van der Waals surface area contributed by atoms with E-state index in [2.05, 4.69) is 10.4 Å². The Labute approximate surface area is 164 Å². The zero-order valence-electron chi connectivity index (χ0n) is 13.9. The third-order valence-corrected chi connectivity index (χ3v) is 5.22. The summed E-state index contributed by atoms with van der Waals surface area (Å²) in [7, 11) is 0. The van der Waals surface area contributed by atoms with Crippen LogP contribution < -0.4 is 10.2 Å². The van der Waals surface area contributed by atoms with Crippen LogP contribution in [0.25, 0.3) is 6.08 Å². The van der Waals surface area contributed by atoms with E-state index >= 15 is 0 Å². The highest BCUT2D eigenvalue weighted by Crippen LogP contribution is 2.33. The van der Waals surface area contributed by atoms with Gasteiger partial charge in [0.15, 0.2) is 4.32 Å². The molecule has 0 radical (unpaired) electrons. The van der Waals surface area contributed by atoms with Crippen LogP contribution in [-0.2, 0) is 4.79 Å². The van der Waals surface area contributed by atoms with Crippen molar-refractivity contribution in [1.82, 2.24) is 15.4 Å². The van der Waals surface area contributed by atoms with Crippen LogP contribution in [-0.4, -0.2) is 32.7 Å². The molecule has 1 N–H and O–H groups in total. The summed E-state index contributed by atoms with van der Waals surface area (Å²) in [6, 6.07) is 10.8. The monoisotopic (exact) mass is 395 g/mol. The van der Waals surface area contributed by atoms with Gasteiger partial charge in [-0.05, 0) is 48.1 Å². The summed E-state index contributed by atoms with van der Waals surface area (Å²) in [6.07, 6.45) is 6.73.